The van der Waals surface area contributed by atoms with E-state index in [1.165, 1.54) is 0 Å². The zero-order valence-corrected chi connectivity index (χ0v) is 23.4. The molecule has 39 heavy (non-hydrogen) atoms. The number of aliphatic hydroxyl groups excluding tert-OH is 1. The molecule has 9 heteroatoms. The molecular formula is C30H34Cl2N4O3. The van der Waals surface area contributed by atoms with E-state index in [0.29, 0.717) is 53.8 Å². The average molecular weight is 570 g/mol. The van der Waals surface area contributed by atoms with Gasteiger partial charge in [0, 0.05) is 59.6 Å². The van der Waals surface area contributed by atoms with Crippen LogP contribution in [0.25, 0.3) is 0 Å². The second kappa shape index (κ2) is 13.8. The first-order valence-corrected chi connectivity index (χ1v) is 14.0. The molecule has 3 aromatic rings. The minimum atomic E-state index is -0.875. The number of nitrogens with zero attached hydrogens (tertiary/aromatic N) is 1. The Morgan fingerprint density at radius 3 is 2.44 bits per heavy atom. The molecule has 1 aliphatic rings. The van der Waals surface area contributed by atoms with E-state index in [1.807, 2.05) is 55.5 Å². The predicted molar refractivity (Wildman–Crippen MR) is 158 cm³/mol. The molecule has 1 aliphatic heterocycles. The van der Waals surface area contributed by atoms with Crippen LogP contribution in [-0.4, -0.2) is 48.7 Å². The van der Waals surface area contributed by atoms with E-state index in [2.05, 4.69) is 16.0 Å². The molecule has 0 radical (unpaired) electrons. The van der Waals surface area contributed by atoms with Crippen LogP contribution in [0, 0.1) is 0 Å². The number of aliphatic hydroxyl groups is 1. The Balaban J connectivity index is 1.50. The highest BCUT2D eigenvalue weighted by Gasteiger charge is 2.25. The van der Waals surface area contributed by atoms with Crippen molar-refractivity contribution in [1.82, 2.24) is 10.6 Å². The minimum absolute atomic E-state index is 0.0550. The monoisotopic (exact) mass is 568 g/mol. The van der Waals surface area contributed by atoms with E-state index in [-0.39, 0.29) is 18.4 Å². The van der Waals surface area contributed by atoms with Gasteiger partial charge in [-0.25, -0.2) is 0 Å². The van der Waals surface area contributed by atoms with Crippen molar-refractivity contribution in [3.63, 3.8) is 0 Å². The summed E-state index contributed by atoms with van der Waals surface area (Å²) in [5.74, 6) is -0.260. The highest BCUT2D eigenvalue weighted by Crippen LogP contribution is 2.27. The Bertz CT molecular complexity index is 1270. The lowest BCUT2D eigenvalue weighted by molar-refractivity contribution is -0.117. The molecule has 2 atom stereocenters. The van der Waals surface area contributed by atoms with E-state index in [9.17, 15) is 14.7 Å². The van der Waals surface area contributed by atoms with Gasteiger partial charge < -0.3 is 26.0 Å². The summed E-state index contributed by atoms with van der Waals surface area (Å²) in [6.45, 7) is 3.99. The second-order valence-corrected chi connectivity index (χ2v) is 10.6. The molecule has 0 bridgehead atoms. The van der Waals surface area contributed by atoms with E-state index in [1.54, 1.807) is 23.1 Å². The molecule has 4 N–H and O–H groups in total. The Kier molecular flexibility index (Phi) is 10.2. The second-order valence-electron chi connectivity index (χ2n) is 9.69. The van der Waals surface area contributed by atoms with Gasteiger partial charge in [0.1, 0.15) is 0 Å². The number of halogens is 2. The SMILES string of the molecule is CCNc1cc(C(=O)N[C@@H](Cc2ccccc2)[C@@H](O)CNCc2cc(Cl)cc(Cl)c2)cc(N2CCCC2=O)c1. The van der Waals surface area contributed by atoms with Crippen molar-refractivity contribution in [2.24, 2.45) is 0 Å². The number of hydrogen-bond donors (Lipinski definition) is 4. The highest BCUT2D eigenvalue weighted by molar-refractivity contribution is 6.34. The van der Waals surface area contributed by atoms with Crippen molar-refractivity contribution in [1.29, 1.82) is 0 Å². The van der Waals surface area contributed by atoms with Gasteiger partial charge in [0.2, 0.25) is 5.91 Å². The predicted octanol–water partition coefficient (Wildman–Crippen LogP) is 5.04. The van der Waals surface area contributed by atoms with Gasteiger partial charge in [-0.05, 0) is 67.3 Å². The molecule has 1 heterocycles. The third-order valence-corrected chi connectivity index (χ3v) is 7.07. The normalized spacial score (nSPS) is 14.8. The van der Waals surface area contributed by atoms with Gasteiger partial charge in [0.25, 0.3) is 5.91 Å². The van der Waals surface area contributed by atoms with E-state index in [0.717, 1.165) is 23.2 Å². The van der Waals surface area contributed by atoms with Gasteiger partial charge >= 0.3 is 0 Å². The zero-order valence-electron chi connectivity index (χ0n) is 21.9. The first kappa shape index (κ1) is 28.9. The largest absolute Gasteiger partial charge is 0.390 e. The van der Waals surface area contributed by atoms with Crippen molar-refractivity contribution >= 4 is 46.4 Å². The maximum absolute atomic E-state index is 13.5. The summed E-state index contributed by atoms with van der Waals surface area (Å²) in [7, 11) is 0. The summed E-state index contributed by atoms with van der Waals surface area (Å²) in [5, 5.41) is 21.8. The Hall–Kier alpha value is -3.10. The summed E-state index contributed by atoms with van der Waals surface area (Å²) in [6, 6.07) is 19.9. The smallest absolute Gasteiger partial charge is 0.251 e. The number of rotatable bonds is 12. The number of hydrogen-bond acceptors (Lipinski definition) is 5. The van der Waals surface area contributed by atoms with Crippen LogP contribution >= 0.6 is 23.2 Å². The first-order chi connectivity index (χ1) is 18.8. The molecule has 4 rings (SSSR count). The molecule has 1 fully saturated rings. The topological polar surface area (TPSA) is 93.7 Å². The molecule has 0 aliphatic carbocycles. The van der Waals surface area contributed by atoms with Gasteiger partial charge in [0.15, 0.2) is 0 Å². The molecule has 0 saturated carbocycles. The number of amides is 2. The van der Waals surface area contributed by atoms with Crippen molar-refractivity contribution in [3.05, 3.63) is 93.5 Å². The van der Waals surface area contributed by atoms with Gasteiger partial charge in [0.05, 0.1) is 12.1 Å². The molecule has 3 aromatic carbocycles. The molecule has 2 amide bonds. The number of carbonyl (C=O) groups is 2. The van der Waals surface area contributed by atoms with Crippen LogP contribution in [0.2, 0.25) is 10.0 Å². The van der Waals surface area contributed by atoms with E-state index >= 15 is 0 Å². The van der Waals surface area contributed by atoms with Gasteiger partial charge in [-0.2, -0.15) is 0 Å². The molecule has 0 aromatic heterocycles. The van der Waals surface area contributed by atoms with Gasteiger partial charge in [-0.15, -0.1) is 0 Å². The summed E-state index contributed by atoms with van der Waals surface area (Å²) in [6.07, 6.45) is 0.876. The van der Waals surface area contributed by atoms with Crippen LogP contribution in [-0.2, 0) is 17.8 Å². The third kappa shape index (κ3) is 8.19. The summed E-state index contributed by atoms with van der Waals surface area (Å²) < 4.78 is 0. The summed E-state index contributed by atoms with van der Waals surface area (Å²) in [5.41, 5.74) is 3.78. The van der Waals surface area contributed by atoms with Gasteiger partial charge in [-0.3, -0.25) is 9.59 Å². The van der Waals surface area contributed by atoms with Gasteiger partial charge in [-0.1, -0.05) is 53.5 Å². The minimum Gasteiger partial charge on any atom is -0.390 e. The molecule has 1 saturated heterocycles. The lowest BCUT2D eigenvalue weighted by Crippen LogP contribution is -2.48. The van der Waals surface area contributed by atoms with Crippen LogP contribution in [0.1, 0.15) is 41.3 Å². The van der Waals surface area contributed by atoms with E-state index in [4.69, 9.17) is 23.2 Å². The quantitative estimate of drug-likeness (QED) is 0.245. The van der Waals surface area contributed by atoms with Crippen LogP contribution in [0.5, 0.6) is 0 Å². The number of nitrogens with one attached hydrogen (secondary N) is 3. The fourth-order valence-electron chi connectivity index (χ4n) is 4.75. The molecular weight excluding hydrogens is 535 g/mol. The van der Waals surface area contributed by atoms with E-state index < -0.39 is 12.1 Å². The lowest BCUT2D eigenvalue weighted by atomic mass is 10.00. The van der Waals surface area contributed by atoms with Crippen LogP contribution in [0.15, 0.2) is 66.7 Å². The van der Waals surface area contributed by atoms with Crippen LogP contribution in [0.4, 0.5) is 11.4 Å². The molecule has 7 nitrogen and oxygen atoms in total. The summed E-state index contributed by atoms with van der Waals surface area (Å²) in [4.78, 5) is 27.6. The third-order valence-electron chi connectivity index (χ3n) is 6.63. The Morgan fingerprint density at radius 1 is 1.03 bits per heavy atom. The fourth-order valence-corrected chi connectivity index (χ4v) is 5.32. The average Bonchev–Trinajstić information content (AvgIpc) is 3.34. The van der Waals surface area contributed by atoms with Crippen molar-refractivity contribution in [3.8, 4) is 0 Å². The van der Waals surface area contributed by atoms with Crippen molar-refractivity contribution in [2.45, 2.75) is 44.9 Å². The first-order valence-electron chi connectivity index (χ1n) is 13.2. The lowest BCUT2D eigenvalue weighted by Gasteiger charge is -2.25. The van der Waals surface area contributed by atoms with Crippen molar-refractivity contribution < 1.29 is 14.7 Å². The summed E-state index contributed by atoms with van der Waals surface area (Å²) >= 11 is 12.2. The molecule has 0 spiro atoms. The van der Waals surface area contributed by atoms with Crippen LogP contribution < -0.4 is 20.9 Å². The maximum atomic E-state index is 13.5. The van der Waals surface area contributed by atoms with Crippen molar-refractivity contribution in [2.75, 3.05) is 29.9 Å². The Labute approximate surface area is 239 Å². The standard InChI is InChI=1S/C30H34Cl2N4O3/c1-2-34-25-14-22(15-26(17-25)36-10-6-9-29(36)38)30(39)35-27(13-20-7-4-3-5-8-20)28(37)19-33-18-21-11-23(31)16-24(32)12-21/h3-5,7-8,11-12,14-17,27-28,33-34,37H,2,6,9-10,13,18-19H2,1H3,(H,35,39)/t27-,28-/m0/s1. The number of anilines is 2. The number of benzene rings is 3. The zero-order chi connectivity index (χ0) is 27.8. The Morgan fingerprint density at radius 2 is 1.77 bits per heavy atom. The maximum Gasteiger partial charge on any atom is 0.251 e. The molecule has 0 unspecified atom stereocenters. The highest BCUT2D eigenvalue weighted by atomic mass is 35.5. The van der Waals surface area contributed by atoms with Crippen LogP contribution in [0.3, 0.4) is 0 Å². The number of carbonyl (C=O) groups excluding carboxylic acids is 2. The fraction of sp³-hybridized carbons (Fsp3) is 0.333. The molecule has 206 valence electrons.